The highest BCUT2D eigenvalue weighted by molar-refractivity contribution is 7.71. The van der Waals surface area contributed by atoms with Crippen LogP contribution in [0, 0.1) is 14.9 Å². The van der Waals surface area contributed by atoms with E-state index in [0.29, 0.717) is 29.5 Å². The number of benzene rings is 1. The maximum atomic E-state index is 10.8. The molecule has 0 radical (unpaired) electrons. The van der Waals surface area contributed by atoms with E-state index in [-0.39, 0.29) is 15.7 Å². The van der Waals surface area contributed by atoms with Crippen molar-refractivity contribution in [3.8, 4) is 0 Å². The Morgan fingerprint density at radius 2 is 2.09 bits per heavy atom. The summed E-state index contributed by atoms with van der Waals surface area (Å²) >= 11 is 17.4. The van der Waals surface area contributed by atoms with Gasteiger partial charge in [0.15, 0.2) is 4.77 Å². The number of nitrogens with zero attached hydrogens (tertiary/aromatic N) is 3. The number of H-pyrrole nitrogens is 1. The molecule has 1 aromatic heterocycles. The summed E-state index contributed by atoms with van der Waals surface area (Å²) in [6.45, 7) is 1.12. The monoisotopic (exact) mass is 373 g/mol. The van der Waals surface area contributed by atoms with Gasteiger partial charge in [0.05, 0.1) is 20.7 Å². The average molecular weight is 374 g/mol. The van der Waals surface area contributed by atoms with Crippen molar-refractivity contribution in [3.63, 3.8) is 0 Å². The van der Waals surface area contributed by atoms with E-state index in [1.807, 2.05) is 4.57 Å². The normalized spacial score (nSPS) is 14.0. The second kappa shape index (κ2) is 6.46. The van der Waals surface area contributed by atoms with Crippen LogP contribution in [-0.4, -0.2) is 26.2 Å². The van der Waals surface area contributed by atoms with Crippen LogP contribution in [0.1, 0.15) is 24.6 Å². The molecule has 1 aliphatic carbocycles. The number of nitro groups is 1. The summed E-state index contributed by atoms with van der Waals surface area (Å²) in [6.07, 6.45) is 2.26. The molecule has 2 N–H and O–H groups in total. The molecule has 10 heteroatoms. The van der Waals surface area contributed by atoms with E-state index in [2.05, 4.69) is 15.5 Å². The molecular weight excluding hydrogens is 361 g/mol. The summed E-state index contributed by atoms with van der Waals surface area (Å²) < 4.78 is 2.53. The van der Waals surface area contributed by atoms with Crippen LogP contribution in [0.4, 0.5) is 11.4 Å². The average Bonchev–Trinajstić information content (AvgIpc) is 3.26. The van der Waals surface area contributed by atoms with Crippen LogP contribution < -0.4 is 5.32 Å². The highest BCUT2D eigenvalue weighted by atomic mass is 35.5. The predicted octanol–water partition coefficient (Wildman–Crippen LogP) is 4.15. The molecule has 2 aromatic rings. The summed E-state index contributed by atoms with van der Waals surface area (Å²) in [5.74, 6) is 1.45. The van der Waals surface area contributed by atoms with E-state index in [1.165, 1.54) is 12.1 Å². The summed E-state index contributed by atoms with van der Waals surface area (Å²) in [4.78, 5) is 10.2. The number of hydrogen-bond acceptors (Lipinski definition) is 5. The van der Waals surface area contributed by atoms with E-state index >= 15 is 0 Å². The molecule has 0 atom stereocenters. The van der Waals surface area contributed by atoms with Crippen molar-refractivity contribution >= 4 is 46.8 Å². The van der Waals surface area contributed by atoms with E-state index in [0.717, 1.165) is 18.7 Å². The predicted molar refractivity (Wildman–Crippen MR) is 91.0 cm³/mol. The lowest BCUT2D eigenvalue weighted by molar-refractivity contribution is -0.384. The fraction of sp³-hybridized carbons (Fsp3) is 0.385. The maximum absolute atomic E-state index is 10.8. The Kier molecular flexibility index (Phi) is 4.56. The maximum Gasteiger partial charge on any atom is 0.272 e. The molecule has 1 heterocycles. The van der Waals surface area contributed by atoms with Gasteiger partial charge in [-0.3, -0.25) is 15.2 Å². The standard InChI is InChI=1S/C13H13Cl2N5O2S/c14-9-5-8(20(21)22)6-10(15)11(9)16-3-4-19-12(7-1-2-7)17-18-13(19)23/h5-7,16H,1-4H2,(H,18,23). The lowest BCUT2D eigenvalue weighted by Crippen LogP contribution is -2.13. The Morgan fingerprint density at radius 3 is 2.65 bits per heavy atom. The molecule has 0 spiro atoms. The Bertz CT molecular complexity index is 792. The summed E-state index contributed by atoms with van der Waals surface area (Å²) in [5, 5.41) is 21.4. The minimum atomic E-state index is -0.533. The number of aromatic amines is 1. The molecule has 0 bridgehead atoms. The molecule has 7 nitrogen and oxygen atoms in total. The van der Waals surface area contributed by atoms with Crippen LogP contribution in [0.3, 0.4) is 0 Å². The van der Waals surface area contributed by atoms with E-state index < -0.39 is 4.92 Å². The van der Waals surface area contributed by atoms with Gasteiger partial charge in [-0.2, -0.15) is 5.10 Å². The van der Waals surface area contributed by atoms with Crippen LogP contribution in [0.5, 0.6) is 0 Å². The van der Waals surface area contributed by atoms with Gasteiger partial charge in [0.25, 0.3) is 5.69 Å². The molecule has 1 aromatic carbocycles. The van der Waals surface area contributed by atoms with Crippen molar-refractivity contribution in [1.82, 2.24) is 14.8 Å². The van der Waals surface area contributed by atoms with Gasteiger partial charge in [-0.05, 0) is 25.1 Å². The Balaban J connectivity index is 1.71. The lowest BCUT2D eigenvalue weighted by Gasteiger charge is -2.11. The molecule has 0 saturated heterocycles. The first-order valence-corrected chi connectivity index (χ1v) is 8.16. The van der Waals surface area contributed by atoms with E-state index in [1.54, 1.807) is 0 Å². The molecule has 122 valence electrons. The van der Waals surface area contributed by atoms with Crippen LogP contribution in [0.25, 0.3) is 0 Å². The van der Waals surface area contributed by atoms with Gasteiger partial charge in [-0.25, -0.2) is 0 Å². The number of aromatic nitrogens is 3. The summed E-state index contributed by atoms with van der Waals surface area (Å²) in [5.41, 5.74) is 0.334. The zero-order valence-corrected chi connectivity index (χ0v) is 14.2. The molecule has 1 saturated carbocycles. The number of anilines is 1. The van der Waals surface area contributed by atoms with Crippen LogP contribution in [0.15, 0.2) is 12.1 Å². The molecule has 1 fully saturated rings. The van der Waals surface area contributed by atoms with E-state index in [4.69, 9.17) is 35.4 Å². The topological polar surface area (TPSA) is 88.8 Å². The van der Waals surface area contributed by atoms with Crippen molar-refractivity contribution in [1.29, 1.82) is 0 Å². The molecule has 0 aliphatic heterocycles. The number of nitrogens with one attached hydrogen (secondary N) is 2. The minimum absolute atomic E-state index is 0.140. The van der Waals surface area contributed by atoms with Crippen molar-refractivity contribution < 1.29 is 4.92 Å². The molecule has 1 aliphatic rings. The second-order valence-corrected chi connectivity index (χ2v) is 6.48. The first kappa shape index (κ1) is 16.2. The van der Waals surface area contributed by atoms with Crippen molar-refractivity contribution in [2.75, 3.05) is 11.9 Å². The fourth-order valence-electron chi connectivity index (χ4n) is 2.33. The number of non-ortho nitro benzene ring substituents is 1. The molecular formula is C13H13Cl2N5O2S. The second-order valence-electron chi connectivity index (χ2n) is 5.28. The van der Waals surface area contributed by atoms with Gasteiger partial charge in [-0.1, -0.05) is 23.2 Å². The smallest absolute Gasteiger partial charge is 0.272 e. The van der Waals surface area contributed by atoms with Gasteiger partial charge in [0.2, 0.25) is 0 Å². The third-order valence-electron chi connectivity index (χ3n) is 3.61. The Morgan fingerprint density at radius 1 is 1.43 bits per heavy atom. The van der Waals surface area contributed by atoms with Gasteiger partial charge in [0, 0.05) is 31.1 Å². The largest absolute Gasteiger partial charge is 0.381 e. The lowest BCUT2D eigenvalue weighted by atomic mass is 10.2. The minimum Gasteiger partial charge on any atom is -0.381 e. The van der Waals surface area contributed by atoms with Crippen LogP contribution >= 0.6 is 35.4 Å². The number of hydrogen-bond donors (Lipinski definition) is 2. The van der Waals surface area contributed by atoms with Crippen molar-refractivity contribution in [2.24, 2.45) is 0 Å². The fourth-order valence-corrected chi connectivity index (χ4v) is 3.17. The summed E-state index contributed by atoms with van der Waals surface area (Å²) in [7, 11) is 0. The van der Waals surface area contributed by atoms with Gasteiger partial charge >= 0.3 is 0 Å². The third-order valence-corrected chi connectivity index (χ3v) is 4.51. The highest BCUT2D eigenvalue weighted by Crippen LogP contribution is 2.39. The SMILES string of the molecule is O=[N+]([O-])c1cc(Cl)c(NCCn2c(C3CC3)n[nH]c2=S)c(Cl)c1. The zero-order chi connectivity index (χ0) is 16.6. The first-order valence-electron chi connectivity index (χ1n) is 6.99. The zero-order valence-electron chi connectivity index (χ0n) is 11.9. The highest BCUT2D eigenvalue weighted by Gasteiger charge is 2.28. The van der Waals surface area contributed by atoms with E-state index in [9.17, 15) is 10.1 Å². The quantitative estimate of drug-likeness (QED) is 0.451. The number of halogens is 2. The third kappa shape index (κ3) is 3.49. The van der Waals surface area contributed by atoms with Crippen molar-refractivity contribution in [2.45, 2.75) is 25.3 Å². The molecule has 0 unspecified atom stereocenters. The van der Waals surface area contributed by atoms with Crippen LogP contribution in [-0.2, 0) is 6.54 Å². The Hall–Kier alpha value is -1.64. The molecule has 0 amide bonds. The molecule has 23 heavy (non-hydrogen) atoms. The first-order chi connectivity index (χ1) is 11.0. The molecule has 3 rings (SSSR count). The van der Waals surface area contributed by atoms with Gasteiger partial charge in [0.1, 0.15) is 5.82 Å². The van der Waals surface area contributed by atoms with Crippen molar-refractivity contribution in [3.05, 3.63) is 42.9 Å². The number of nitro benzene ring substituents is 1. The van der Waals surface area contributed by atoms with Gasteiger partial charge < -0.3 is 9.88 Å². The Labute approximate surface area is 146 Å². The van der Waals surface area contributed by atoms with Crippen LogP contribution in [0.2, 0.25) is 10.0 Å². The summed E-state index contributed by atoms with van der Waals surface area (Å²) in [6, 6.07) is 2.55. The number of rotatable bonds is 6. The van der Waals surface area contributed by atoms with Gasteiger partial charge in [-0.15, -0.1) is 0 Å².